The molecule has 2 amide bonds. The molecule has 1 aliphatic heterocycles. The molecule has 2 aromatic rings. The summed E-state index contributed by atoms with van der Waals surface area (Å²) in [4.78, 5) is 27.5. The summed E-state index contributed by atoms with van der Waals surface area (Å²) in [6.07, 6.45) is 2.42. The fourth-order valence-electron chi connectivity index (χ4n) is 3.41. The average molecular weight is 532 g/mol. The number of sulfonamides is 1. The SMILES string of the molecule is COc1ccc(C(=O)N[C@@H](CCSC)C(=O)N2CCN(S(=O)(=O)c3ccc(Cl)s3)CC2)cc1. The van der Waals surface area contributed by atoms with E-state index in [1.54, 1.807) is 54.1 Å². The maximum atomic E-state index is 13.2. The maximum absolute atomic E-state index is 13.2. The van der Waals surface area contributed by atoms with Crippen molar-refractivity contribution in [2.75, 3.05) is 45.3 Å². The number of halogens is 1. The predicted octanol–water partition coefficient (Wildman–Crippen LogP) is 2.79. The Bertz CT molecular complexity index is 1070. The number of rotatable bonds is 9. The van der Waals surface area contributed by atoms with Crippen molar-refractivity contribution in [1.29, 1.82) is 0 Å². The van der Waals surface area contributed by atoms with Gasteiger partial charge >= 0.3 is 0 Å². The summed E-state index contributed by atoms with van der Waals surface area (Å²) < 4.78 is 32.7. The molecule has 0 aliphatic carbocycles. The molecule has 2 heterocycles. The van der Waals surface area contributed by atoms with Gasteiger partial charge in [-0.15, -0.1) is 11.3 Å². The first kappa shape index (κ1) is 25.8. The lowest BCUT2D eigenvalue weighted by atomic mass is 10.1. The number of carbonyl (C=O) groups is 2. The molecule has 0 spiro atoms. The number of hydrogen-bond donors (Lipinski definition) is 1. The van der Waals surface area contributed by atoms with E-state index in [4.69, 9.17) is 16.3 Å². The van der Waals surface area contributed by atoms with E-state index >= 15 is 0 Å². The van der Waals surface area contributed by atoms with Crippen LogP contribution in [0.25, 0.3) is 0 Å². The Morgan fingerprint density at radius 2 is 1.82 bits per heavy atom. The molecule has 1 fully saturated rings. The molecule has 1 aromatic heterocycles. The van der Waals surface area contributed by atoms with Gasteiger partial charge in [0.15, 0.2) is 0 Å². The Hall–Kier alpha value is -1.79. The van der Waals surface area contributed by atoms with Crippen LogP contribution in [0.2, 0.25) is 4.34 Å². The predicted molar refractivity (Wildman–Crippen MR) is 132 cm³/mol. The number of hydrogen-bond acceptors (Lipinski definition) is 7. The summed E-state index contributed by atoms with van der Waals surface area (Å²) in [5.41, 5.74) is 0.434. The number of carbonyl (C=O) groups excluding carboxylic acids is 2. The van der Waals surface area contributed by atoms with E-state index in [-0.39, 0.29) is 42.2 Å². The van der Waals surface area contributed by atoms with Crippen LogP contribution in [-0.2, 0) is 14.8 Å². The second-order valence-electron chi connectivity index (χ2n) is 7.32. The first-order valence-electron chi connectivity index (χ1n) is 10.2. The van der Waals surface area contributed by atoms with E-state index in [0.717, 1.165) is 11.3 Å². The van der Waals surface area contributed by atoms with Crippen LogP contribution in [0.4, 0.5) is 0 Å². The van der Waals surface area contributed by atoms with E-state index in [0.29, 0.717) is 27.8 Å². The molecule has 1 aromatic carbocycles. The molecule has 1 atom stereocenters. The van der Waals surface area contributed by atoms with Crippen molar-refractivity contribution in [3.05, 3.63) is 46.3 Å². The van der Waals surface area contributed by atoms with E-state index in [9.17, 15) is 18.0 Å². The molecule has 180 valence electrons. The van der Waals surface area contributed by atoms with E-state index in [1.165, 1.54) is 10.4 Å². The summed E-state index contributed by atoms with van der Waals surface area (Å²) in [5, 5.41) is 2.84. The Morgan fingerprint density at radius 1 is 1.15 bits per heavy atom. The highest BCUT2D eigenvalue weighted by atomic mass is 35.5. The van der Waals surface area contributed by atoms with Crippen LogP contribution in [0.5, 0.6) is 5.75 Å². The second-order valence-corrected chi connectivity index (χ2v) is 12.2. The molecule has 12 heteroatoms. The third-order valence-corrected chi connectivity index (χ3v) is 9.50. The van der Waals surface area contributed by atoms with Gasteiger partial charge < -0.3 is 15.0 Å². The Labute approximate surface area is 207 Å². The number of nitrogens with zero attached hydrogens (tertiary/aromatic N) is 2. The van der Waals surface area contributed by atoms with Crippen LogP contribution in [0.3, 0.4) is 0 Å². The van der Waals surface area contributed by atoms with Crippen molar-refractivity contribution in [3.8, 4) is 5.75 Å². The van der Waals surface area contributed by atoms with Crippen molar-refractivity contribution in [1.82, 2.24) is 14.5 Å². The van der Waals surface area contributed by atoms with Gasteiger partial charge in [0.2, 0.25) is 5.91 Å². The normalized spacial score (nSPS) is 15.8. The van der Waals surface area contributed by atoms with Crippen molar-refractivity contribution < 1.29 is 22.7 Å². The van der Waals surface area contributed by atoms with Crippen LogP contribution >= 0.6 is 34.7 Å². The minimum Gasteiger partial charge on any atom is -0.497 e. The molecule has 33 heavy (non-hydrogen) atoms. The van der Waals surface area contributed by atoms with Gasteiger partial charge in [0.1, 0.15) is 16.0 Å². The van der Waals surface area contributed by atoms with Gasteiger partial charge in [-0.2, -0.15) is 16.1 Å². The lowest BCUT2D eigenvalue weighted by Gasteiger charge is -2.35. The van der Waals surface area contributed by atoms with E-state index in [2.05, 4.69) is 5.32 Å². The van der Waals surface area contributed by atoms with Gasteiger partial charge in [0, 0.05) is 31.7 Å². The Morgan fingerprint density at radius 3 is 2.36 bits per heavy atom. The summed E-state index contributed by atoms with van der Waals surface area (Å²) in [6.45, 7) is 0.882. The lowest BCUT2D eigenvalue weighted by molar-refractivity contribution is -0.134. The zero-order valence-electron chi connectivity index (χ0n) is 18.3. The fraction of sp³-hybridized carbons (Fsp3) is 0.429. The summed E-state index contributed by atoms with van der Waals surface area (Å²) >= 11 is 8.49. The summed E-state index contributed by atoms with van der Waals surface area (Å²) in [5.74, 6) is 0.793. The van der Waals surface area contributed by atoms with Crippen LogP contribution in [0.15, 0.2) is 40.6 Å². The Kier molecular flexibility index (Phi) is 9.05. The largest absolute Gasteiger partial charge is 0.497 e. The smallest absolute Gasteiger partial charge is 0.252 e. The molecule has 1 N–H and O–H groups in total. The first-order valence-corrected chi connectivity index (χ1v) is 14.3. The standard InChI is InChI=1S/C21H26ClN3O5S3/c1-30-16-5-3-15(4-6-16)20(26)23-17(9-14-31-2)21(27)24-10-12-25(13-11-24)33(28,29)19-8-7-18(22)32-19/h3-8,17H,9-14H2,1-2H3,(H,23,26)/t17-/m0/s1. The molecule has 0 unspecified atom stereocenters. The van der Waals surface area contributed by atoms with Gasteiger partial charge in [-0.3, -0.25) is 9.59 Å². The summed E-state index contributed by atoms with van der Waals surface area (Å²) in [6, 6.07) is 9.03. The minimum absolute atomic E-state index is 0.186. The highest BCUT2D eigenvalue weighted by Gasteiger charge is 2.33. The van der Waals surface area contributed by atoms with E-state index < -0.39 is 16.1 Å². The molecule has 3 rings (SSSR count). The molecule has 8 nitrogen and oxygen atoms in total. The number of benzene rings is 1. The van der Waals surface area contributed by atoms with Crippen molar-refractivity contribution in [3.63, 3.8) is 0 Å². The van der Waals surface area contributed by atoms with Crippen LogP contribution < -0.4 is 10.1 Å². The molecular weight excluding hydrogens is 506 g/mol. The maximum Gasteiger partial charge on any atom is 0.252 e. The van der Waals surface area contributed by atoms with Crippen molar-refractivity contribution >= 4 is 56.5 Å². The van der Waals surface area contributed by atoms with Crippen molar-refractivity contribution in [2.45, 2.75) is 16.7 Å². The molecular formula is C21H26ClN3O5S3. The van der Waals surface area contributed by atoms with Gasteiger partial charge in [0.25, 0.3) is 15.9 Å². The zero-order chi connectivity index (χ0) is 24.0. The van der Waals surface area contributed by atoms with Gasteiger partial charge in [-0.25, -0.2) is 8.42 Å². The number of thioether (sulfide) groups is 1. The summed E-state index contributed by atoms with van der Waals surface area (Å²) in [7, 11) is -2.09. The lowest BCUT2D eigenvalue weighted by Crippen LogP contribution is -2.55. The quantitative estimate of drug-likeness (QED) is 0.534. The molecule has 0 bridgehead atoms. The fourth-order valence-corrected chi connectivity index (χ4v) is 6.94. The number of nitrogens with one attached hydrogen (secondary N) is 1. The minimum atomic E-state index is -3.64. The molecule has 0 radical (unpaired) electrons. The first-order chi connectivity index (χ1) is 15.8. The van der Waals surface area contributed by atoms with Gasteiger partial charge in [-0.1, -0.05) is 11.6 Å². The van der Waals surface area contributed by atoms with Gasteiger partial charge in [-0.05, 0) is 54.8 Å². The average Bonchev–Trinajstić information content (AvgIpc) is 3.28. The molecule has 1 saturated heterocycles. The third kappa shape index (κ3) is 6.42. The highest BCUT2D eigenvalue weighted by Crippen LogP contribution is 2.28. The van der Waals surface area contributed by atoms with Crippen LogP contribution in [0.1, 0.15) is 16.8 Å². The third-order valence-electron chi connectivity index (χ3n) is 5.26. The number of piperazine rings is 1. The zero-order valence-corrected chi connectivity index (χ0v) is 21.5. The number of methoxy groups -OCH3 is 1. The highest BCUT2D eigenvalue weighted by molar-refractivity contribution is 7.98. The number of amides is 2. The Balaban J connectivity index is 1.64. The number of thiophene rings is 1. The van der Waals surface area contributed by atoms with Crippen molar-refractivity contribution in [2.24, 2.45) is 0 Å². The number of ether oxygens (including phenoxy) is 1. The van der Waals surface area contributed by atoms with Crippen LogP contribution in [0, 0.1) is 0 Å². The van der Waals surface area contributed by atoms with Gasteiger partial charge in [0.05, 0.1) is 11.4 Å². The van der Waals surface area contributed by atoms with Crippen LogP contribution in [-0.4, -0.2) is 80.8 Å². The molecule has 0 saturated carbocycles. The second kappa shape index (κ2) is 11.6. The topological polar surface area (TPSA) is 96.0 Å². The van der Waals surface area contributed by atoms with E-state index in [1.807, 2.05) is 6.26 Å². The molecule has 1 aliphatic rings. The monoisotopic (exact) mass is 531 g/mol.